The summed E-state index contributed by atoms with van der Waals surface area (Å²) >= 11 is 0. The number of ether oxygens (including phenoxy) is 2. The molecule has 0 aliphatic heterocycles. The maximum atomic E-state index is 12.9. The van der Waals surface area contributed by atoms with Gasteiger partial charge < -0.3 is 14.0 Å². The van der Waals surface area contributed by atoms with Crippen molar-refractivity contribution < 1.29 is 22.4 Å². The zero-order valence-corrected chi connectivity index (χ0v) is 16.0. The Kier molecular flexibility index (Phi) is 5.36. The van der Waals surface area contributed by atoms with Gasteiger partial charge in [-0.25, -0.2) is 8.42 Å². The van der Waals surface area contributed by atoms with Gasteiger partial charge in [-0.05, 0) is 44.2 Å². The van der Waals surface area contributed by atoms with Gasteiger partial charge in [0.05, 0.1) is 25.1 Å². The van der Waals surface area contributed by atoms with Gasteiger partial charge in [0, 0.05) is 11.6 Å². The second kappa shape index (κ2) is 7.71. The molecule has 0 amide bonds. The minimum absolute atomic E-state index is 0.0105. The van der Waals surface area contributed by atoms with Crippen molar-refractivity contribution in [2.75, 3.05) is 18.4 Å². The maximum Gasteiger partial charge on any atom is 0.265 e. The number of aromatic nitrogens is 1. The van der Waals surface area contributed by atoms with E-state index in [-0.39, 0.29) is 10.6 Å². The Hall–Kier alpha value is -3.00. The summed E-state index contributed by atoms with van der Waals surface area (Å²) in [6.07, 6.45) is 0. The number of benzene rings is 2. The van der Waals surface area contributed by atoms with E-state index < -0.39 is 10.0 Å². The smallest absolute Gasteiger partial charge is 0.265 e. The summed E-state index contributed by atoms with van der Waals surface area (Å²) in [5, 5.41) is 3.84. The average Bonchev–Trinajstić information content (AvgIpc) is 3.09. The van der Waals surface area contributed by atoms with Gasteiger partial charge in [-0.3, -0.25) is 4.72 Å². The second-order valence-corrected chi connectivity index (χ2v) is 7.38. The predicted molar refractivity (Wildman–Crippen MR) is 102 cm³/mol. The van der Waals surface area contributed by atoms with Crippen LogP contribution in [0.2, 0.25) is 0 Å². The van der Waals surface area contributed by atoms with Crippen LogP contribution in [0.3, 0.4) is 0 Å². The molecule has 0 saturated carbocycles. The molecule has 8 heteroatoms. The molecule has 0 atom stereocenters. The van der Waals surface area contributed by atoms with Crippen LogP contribution in [-0.2, 0) is 10.0 Å². The molecule has 1 heterocycles. The van der Waals surface area contributed by atoms with E-state index in [1.165, 1.54) is 13.2 Å². The number of rotatable bonds is 7. The van der Waals surface area contributed by atoms with E-state index in [0.717, 1.165) is 5.69 Å². The molecule has 3 rings (SSSR count). The summed E-state index contributed by atoms with van der Waals surface area (Å²) in [5.41, 5.74) is 1.76. The number of para-hydroxylation sites is 2. The van der Waals surface area contributed by atoms with Crippen molar-refractivity contribution in [3.05, 3.63) is 54.2 Å². The van der Waals surface area contributed by atoms with Crippen molar-refractivity contribution in [1.82, 2.24) is 5.16 Å². The van der Waals surface area contributed by atoms with Crippen LogP contribution in [0, 0.1) is 6.92 Å². The third kappa shape index (κ3) is 4.06. The standard InChI is InChI=1S/C19H20N2O5S/c1-4-25-16-8-6-5-7-15(16)21-27(22,23)19-10-9-14(12-18(19)24-3)17-11-13(2)20-26-17/h5-12,21H,4H2,1-3H3. The molecule has 0 aliphatic carbocycles. The SMILES string of the molecule is CCOc1ccccc1NS(=O)(=O)c1ccc(-c2cc(C)no2)cc1OC. The lowest BCUT2D eigenvalue weighted by atomic mass is 10.1. The van der Waals surface area contributed by atoms with Crippen LogP contribution in [0.5, 0.6) is 11.5 Å². The van der Waals surface area contributed by atoms with E-state index >= 15 is 0 Å². The summed E-state index contributed by atoms with van der Waals surface area (Å²) in [7, 11) is -2.48. The van der Waals surface area contributed by atoms with Crippen LogP contribution >= 0.6 is 0 Å². The number of anilines is 1. The average molecular weight is 388 g/mol. The van der Waals surface area contributed by atoms with Crippen molar-refractivity contribution in [1.29, 1.82) is 0 Å². The largest absolute Gasteiger partial charge is 0.495 e. The number of aryl methyl sites for hydroxylation is 1. The molecule has 7 nitrogen and oxygen atoms in total. The van der Waals surface area contributed by atoms with E-state index in [4.69, 9.17) is 14.0 Å². The van der Waals surface area contributed by atoms with Crippen LogP contribution in [-0.4, -0.2) is 27.3 Å². The quantitative estimate of drug-likeness (QED) is 0.661. The van der Waals surface area contributed by atoms with E-state index in [1.807, 2.05) is 13.8 Å². The summed E-state index contributed by atoms with van der Waals surface area (Å²) in [6.45, 7) is 4.06. The lowest BCUT2D eigenvalue weighted by molar-refractivity contribution is 0.342. The molecule has 0 radical (unpaired) electrons. The Morgan fingerprint density at radius 1 is 1.11 bits per heavy atom. The van der Waals surface area contributed by atoms with Gasteiger partial charge in [0.2, 0.25) is 0 Å². The first-order valence-corrected chi connectivity index (χ1v) is 9.79. The normalized spacial score (nSPS) is 11.2. The molecule has 0 bridgehead atoms. The Balaban J connectivity index is 1.97. The fraction of sp³-hybridized carbons (Fsp3) is 0.211. The van der Waals surface area contributed by atoms with Crippen LogP contribution in [0.25, 0.3) is 11.3 Å². The highest BCUT2D eigenvalue weighted by Gasteiger charge is 2.22. The van der Waals surface area contributed by atoms with Gasteiger partial charge in [-0.15, -0.1) is 0 Å². The number of hydrogen-bond donors (Lipinski definition) is 1. The summed E-state index contributed by atoms with van der Waals surface area (Å²) in [6, 6.07) is 13.3. The number of methoxy groups -OCH3 is 1. The molecule has 1 aromatic heterocycles. The van der Waals surface area contributed by atoms with Crippen LogP contribution in [0.4, 0.5) is 5.69 Å². The molecule has 142 valence electrons. The van der Waals surface area contributed by atoms with Crippen molar-refractivity contribution in [2.45, 2.75) is 18.7 Å². The Bertz CT molecular complexity index is 1040. The van der Waals surface area contributed by atoms with Crippen molar-refractivity contribution >= 4 is 15.7 Å². The van der Waals surface area contributed by atoms with Gasteiger partial charge in [-0.1, -0.05) is 17.3 Å². The summed E-state index contributed by atoms with van der Waals surface area (Å²) < 4.78 is 44.4. The van der Waals surface area contributed by atoms with E-state index in [2.05, 4.69) is 9.88 Å². The van der Waals surface area contributed by atoms with Crippen LogP contribution in [0.1, 0.15) is 12.6 Å². The van der Waals surface area contributed by atoms with Gasteiger partial charge >= 0.3 is 0 Å². The molecule has 0 unspecified atom stereocenters. The maximum absolute atomic E-state index is 12.9. The number of nitrogens with one attached hydrogen (secondary N) is 1. The Morgan fingerprint density at radius 2 is 1.89 bits per heavy atom. The Labute approximate surface area is 158 Å². The Morgan fingerprint density at radius 3 is 2.56 bits per heavy atom. The van der Waals surface area contributed by atoms with Gasteiger partial charge in [0.1, 0.15) is 16.4 Å². The van der Waals surface area contributed by atoms with Crippen molar-refractivity contribution in [3.8, 4) is 22.8 Å². The number of hydrogen-bond acceptors (Lipinski definition) is 6. The highest BCUT2D eigenvalue weighted by Crippen LogP contribution is 2.33. The number of nitrogens with zero attached hydrogens (tertiary/aromatic N) is 1. The third-order valence-corrected chi connectivity index (χ3v) is 5.20. The minimum atomic E-state index is -3.89. The van der Waals surface area contributed by atoms with Crippen molar-refractivity contribution in [2.24, 2.45) is 0 Å². The molecule has 0 fully saturated rings. The fourth-order valence-corrected chi connectivity index (χ4v) is 3.80. The second-order valence-electron chi connectivity index (χ2n) is 5.73. The molecule has 0 spiro atoms. The third-order valence-electron chi connectivity index (χ3n) is 3.80. The highest BCUT2D eigenvalue weighted by molar-refractivity contribution is 7.92. The van der Waals surface area contributed by atoms with E-state index in [9.17, 15) is 8.42 Å². The van der Waals surface area contributed by atoms with E-state index in [0.29, 0.717) is 29.4 Å². The molecule has 2 aromatic carbocycles. The fourth-order valence-electron chi connectivity index (χ4n) is 2.57. The monoisotopic (exact) mass is 388 g/mol. The summed E-state index contributed by atoms with van der Waals surface area (Å²) in [5.74, 6) is 1.18. The first-order valence-electron chi connectivity index (χ1n) is 8.31. The zero-order valence-electron chi connectivity index (χ0n) is 15.2. The minimum Gasteiger partial charge on any atom is -0.495 e. The first-order chi connectivity index (χ1) is 12.9. The van der Waals surface area contributed by atoms with Crippen LogP contribution < -0.4 is 14.2 Å². The van der Waals surface area contributed by atoms with Gasteiger partial charge in [0.15, 0.2) is 5.76 Å². The number of sulfonamides is 1. The zero-order chi connectivity index (χ0) is 19.4. The molecule has 0 saturated heterocycles. The van der Waals surface area contributed by atoms with Crippen LogP contribution in [0.15, 0.2) is 57.9 Å². The lowest BCUT2D eigenvalue weighted by Gasteiger charge is -2.15. The molecular formula is C19H20N2O5S. The molecule has 1 N–H and O–H groups in total. The topological polar surface area (TPSA) is 90.7 Å². The van der Waals surface area contributed by atoms with Gasteiger partial charge in [0.25, 0.3) is 10.0 Å². The molecule has 3 aromatic rings. The van der Waals surface area contributed by atoms with E-state index in [1.54, 1.807) is 42.5 Å². The van der Waals surface area contributed by atoms with Gasteiger partial charge in [-0.2, -0.15) is 0 Å². The molecule has 0 aliphatic rings. The highest BCUT2D eigenvalue weighted by atomic mass is 32.2. The van der Waals surface area contributed by atoms with Crippen molar-refractivity contribution in [3.63, 3.8) is 0 Å². The summed E-state index contributed by atoms with van der Waals surface area (Å²) in [4.78, 5) is 0.0105. The first kappa shape index (κ1) is 18.8. The predicted octanol–water partition coefficient (Wildman–Crippen LogP) is 3.86. The lowest BCUT2D eigenvalue weighted by Crippen LogP contribution is -2.15. The molecular weight excluding hydrogens is 368 g/mol. The molecule has 27 heavy (non-hydrogen) atoms.